The van der Waals surface area contributed by atoms with E-state index in [-0.39, 0.29) is 5.84 Å². The van der Waals surface area contributed by atoms with Crippen LogP contribution in [0.25, 0.3) is 38.3 Å². The summed E-state index contributed by atoms with van der Waals surface area (Å²) in [7, 11) is 0. The number of nitrogens with one attached hydrogen (secondary N) is 1. The highest BCUT2D eigenvalue weighted by Crippen LogP contribution is 2.36. The highest BCUT2D eigenvalue weighted by atomic mass is 15.0. The number of hydrogen-bond donors (Lipinski definition) is 1. The number of aromatic nitrogens is 1. The smallest absolute Gasteiger partial charge is 0.161 e. The van der Waals surface area contributed by atoms with Crippen LogP contribution in [-0.2, 0) is 0 Å². The number of rotatable bonds is 4. The highest BCUT2D eigenvalue weighted by Gasteiger charge is 2.14. The van der Waals surface area contributed by atoms with E-state index in [0.717, 1.165) is 22.4 Å². The van der Waals surface area contributed by atoms with E-state index in [1.54, 1.807) is 0 Å². The summed E-state index contributed by atoms with van der Waals surface area (Å²) in [5.74, 6) is 0.674. The maximum absolute atomic E-state index is 8.53. The lowest BCUT2D eigenvalue weighted by molar-refractivity contribution is 1.19. The van der Waals surface area contributed by atoms with Gasteiger partial charge in [0.2, 0.25) is 0 Å². The molecule has 0 aliphatic carbocycles. The Morgan fingerprint density at radius 2 is 1.20 bits per heavy atom. The monoisotopic (exact) mass is 526 g/mol. The molecule has 0 fully saturated rings. The molecule has 0 unspecified atom stereocenters. The molecule has 1 N–H and O–H groups in total. The summed E-state index contributed by atoms with van der Waals surface area (Å²) in [5, 5.41) is 13.5. The van der Waals surface area contributed by atoms with Gasteiger partial charge in [0.15, 0.2) is 11.7 Å². The lowest BCUT2D eigenvalue weighted by atomic mass is 10.1. The van der Waals surface area contributed by atoms with Gasteiger partial charge in [0, 0.05) is 39.2 Å². The van der Waals surface area contributed by atoms with Gasteiger partial charge in [0.25, 0.3) is 0 Å². The number of nitrogens with zero attached hydrogens (tertiary/aromatic N) is 3. The normalized spacial score (nSPS) is 12.0. The molecule has 0 bridgehead atoms. The van der Waals surface area contributed by atoms with Crippen molar-refractivity contribution < 1.29 is 0 Å². The first-order valence-corrected chi connectivity index (χ1v) is 13.6. The Labute approximate surface area is 238 Å². The van der Waals surface area contributed by atoms with Gasteiger partial charge >= 0.3 is 0 Å². The second kappa shape index (κ2) is 10.5. The summed E-state index contributed by atoms with van der Waals surface area (Å²) in [6.45, 7) is 0. The molecular formula is C37H26N4. The van der Waals surface area contributed by atoms with Gasteiger partial charge in [-0.05, 0) is 29.1 Å². The zero-order valence-corrected chi connectivity index (χ0v) is 22.3. The van der Waals surface area contributed by atoms with Gasteiger partial charge in [0.1, 0.15) is 0 Å². The Morgan fingerprint density at radius 3 is 1.95 bits per heavy atom. The lowest BCUT2D eigenvalue weighted by Crippen LogP contribution is -2.04. The second-order valence-corrected chi connectivity index (χ2v) is 9.90. The molecular weight excluding hydrogens is 500 g/mol. The van der Waals surface area contributed by atoms with Crippen molar-refractivity contribution in [3.63, 3.8) is 0 Å². The summed E-state index contributed by atoms with van der Waals surface area (Å²) >= 11 is 0. The van der Waals surface area contributed by atoms with Crippen molar-refractivity contribution >= 4 is 50.5 Å². The standard InChI is InChI=1S/C37H26N4/c38-36(28-12-3-1-4-13-28)40-37(29-14-5-2-6-15-29)39-25-26-19-22-30(23-20-26)41-34-18-10-9-17-32(34)33-24-21-27-11-7-8-16-31(27)35(33)41/h1-25,38H/b38-36?,39-25+,40-37-. The van der Waals surface area contributed by atoms with Crippen LogP contribution in [0.4, 0.5) is 0 Å². The molecule has 6 aromatic carbocycles. The minimum absolute atomic E-state index is 0.176. The van der Waals surface area contributed by atoms with E-state index in [9.17, 15) is 0 Å². The van der Waals surface area contributed by atoms with Crippen molar-refractivity contribution in [1.82, 2.24) is 4.57 Å². The van der Waals surface area contributed by atoms with Gasteiger partial charge in [-0.25, -0.2) is 9.98 Å². The summed E-state index contributed by atoms with van der Waals surface area (Å²) < 4.78 is 2.35. The lowest BCUT2D eigenvalue weighted by Gasteiger charge is -2.10. The van der Waals surface area contributed by atoms with Crippen molar-refractivity contribution in [2.45, 2.75) is 0 Å². The first-order chi connectivity index (χ1) is 20.3. The third-order valence-electron chi connectivity index (χ3n) is 7.34. The molecule has 4 nitrogen and oxygen atoms in total. The van der Waals surface area contributed by atoms with Crippen LogP contribution in [0, 0.1) is 5.41 Å². The molecule has 0 spiro atoms. The van der Waals surface area contributed by atoms with Crippen LogP contribution in [0.3, 0.4) is 0 Å². The van der Waals surface area contributed by atoms with Crippen molar-refractivity contribution in [2.24, 2.45) is 9.98 Å². The molecule has 7 rings (SSSR count). The predicted octanol–water partition coefficient (Wildman–Crippen LogP) is 8.83. The third-order valence-corrected chi connectivity index (χ3v) is 7.34. The predicted molar refractivity (Wildman–Crippen MR) is 172 cm³/mol. The van der Waals surface area contributed by atoms with Crippen LogP contribution >= 0.6 is 0 Å². The molecule has 194 valence electrons. The number of amidine groups is 2. The fraction of sp³-hybridized carbons (Fsp3) is 0. The minimum Gasteiger partial charge on any atom is -0.309 e. The van der Waals surface area contributed by atoms with Crippen molar-refractivity contribution in [2.75, 3.05) is 0 Å². The molecule has 0 saturated heterocycles. The molecule has 7 aromatic rings. The zero-order chi connectivity index (χ0) is 27.6. The fourth-order valence-electron chi connectivity index (χ4n) is 5.37. The van der Waals surface area contributed by atoms with Crippen molar-refractivity contribution in [3.8, 4) is 5.69 Å². The minimum atomic E-state index is 0.176. The van der Waals surface area contributed by atoms with E-state index in [2.05, 4.69) is 94.5 Å². The Kier molecular flexibility index (Phi) is 6.26. The van der Waals surface area contributed by atoms with E-state index >= 15 is 0 Å². The van der Waals surface area contributed by atoms with Gasteiger partial charge in [-0.15, -0.1) is 0 Å². The highest BCUT2D eigenvalue weighted by molar-refractivity contribution is 6.18. The van der Waals surface area contributed by atoms with Crippen LogP contribution in [0.2, 0.25) is 0 Å². The largest absolute Gasteiger partial charge is 0.309 e. The Hall–Kier alpha value is -5.61. The Balaban J connectivity index is 1.29. The van der Waals surface area contributed by atoms with Crippen LogP contribution in [-0.4, -0.2) is 22.5 Å². The molecule has 0 radical (unpaired) electrons. The van der Waals surface area contributed by atoms with Gasteiger partial charge in [-0.2, -0.15) is 0 Å². The average Bonchev–Trinajstić information content (AvgIpc) is 3.39. The molecule has 1 heterocycles. The van der Waals surface area contributed by atoms with Gasteiger partial charge in [-0.3, -0.25) is 5.41 Å². The fourth-order valence-corrected chi connectivity index (χ4v) is 5.37. The van der Waals surface area contributed by atoms with Crippen LogP contribution < -0.4 is 0 Å². The second-order valence-electron chi connectivity index (χ2n) is 9.90. The van der Waals surface area contributed by atoms with Crippen LogP contribution in [0.5, 0.6) is 0 Å². The first kappa shape index (κ1) is 24.4. The SMILES string of the molecule is N=C(/N=C(\N=C\c1ccc(-n2c3ccccc3c3ccc4ccccc4c32)cc1)c1ccccc1)c1ccccc1. The van der Waals surface area contributed by atoms with Crippen LogP contribution in [0.1, 0.15) is 16.7 Å². The first-order valence-electron chi connectivity index (χ1n) is 13.6. The molecule has 0 amide bonds. The number of aliphatic imine (C=N–C) groups is 2. The molecule has 41 heavy (non-hydrogen) atoms. The summed E-state index contributed by atoms with van der Waals surface area (Å²) in [6.07, 6.45) is 1.81. The number of fused-ring (bicyclic) bond motifs is 5. The Bertz CT molecular complexity index is 2090. The molecule has 0 aliphatic heterocycles. The Morgan fingerprint density at radius 1 is 0.561 bits per heavy atom. The number of para-hydroxylation sites is 1. The van der Waals surface area contributed by atoms with Gasteiger partial charge < -0.3 is 4.57 Å². The van der Waals surface area contributed by atoms with Gasteiger partial charge in [-0.1, -0.05) is 127 Å². The van der Waals surface area contributed by atoms with E-state index < -0.39 is 0 Å². The maximum atomic E-state index is 8.53. The topological polar surface area (TPSA) is 53.5 Å². The number of benzene rings is 6. The van der Waals surface area contributed by atoms with E-state index in [1.165, 1.54) is 32.6 Å². The van der Waals surface area contributed by atoms with Crippen LogP contribution in [0.15, 0.2) is 156 Å². The maximum Gasteiger partial charge on any atom is 0.161 e. The van der Waals surface area contributed by atoms with E-state index in [1.807, 2.05) is 66.9 Å². The van der Waals surface area contributed by atoms with E-state index in [4.69, 9.17) is 10.4 Å². The molecule has 0 aliphatic rings. The van der Waals surface area contributed by atoms with E-state index in [0.29, 0.717) is 5.84 Å². The zero-order valence-electron chi connectivity index (χ0n) is 22.3. The summed E-state index contributed by atoms with van der Waals surface area (Å²) in [6, 6.07) is 49.3. The molecule has 1 aromatic heterocycles. The van der Waals surface area contributed by atoms with Crippen molar-refractivity contribution in [1.29, 1.82) is 5.41 Å². The quantitative estimate of drug-likeness (QED) is 0.176. The average molecular weight is 527 g/mol. The molecule has 0 saturated carbocycles. The van der Waals surface area contributed by atoms with Gasteiger partial charge in [0.05, 0.1) is 11.0 Å². The third kappa shape index (κ3) is 4.62. The number of hydrogen-bond acceptors (Lipinski definition) is 1. The summed E-state index contributed by atoms with van der Waals surface area (Å²) in [4.78, 5) is 9.33. The molecule has 0 atom stereocenters. The molecule has 4 heteroatoms. The van der Waals surface area contributed by atoms with Crippen molar-refractivity contribution in [3.05, 3.63) is 162 Å². The summed E-state index contributed by atoms with van der Waals surface area (Å²) in [5.41, 5.74) is 6.04.